The Bertz CT molecular complexity index is 1620. The van der Waals surface area contributed by atoms with Crippen LogP contribution in [0.5, 0.6) is 0 Å². The van der Waals surface area contributed by atoms with Crippen LogP contribution in [0.1, 0.15) is 27.0 Å². The van der Waals surface area contributed by atoms with Crippen molar-refractivity contribution in [1.29, 1.82) is 0 Å². The first-order chi connectivity index (χ1) is 18.1. The van der Waals surface area contributed by atoms with Gasteiger partial charge in [-0.3, -0.25) is 9.52 Å². The van der Waals surface area contributed by atoms with E-state index >= 15 is 8.78 Å². The summed E-state index contributed by atoms with van der Waals surface area (Å²) in [7, 11) is -4.74. The lowest BCUT2D eigenvalue weighted by Gasteiger charge is -2.16. The molecule has 0 saturated carbocycles. The van der Waals surface area contributed by atoms with Crippen LogP contribution in [0.15, 0.2) is 36.5 Å². The lowest BCUT2D eigenvalue weighted by Crippen LogP contribution is -2.27. The van der Waals surface area contributed by atoms with E-state index in [1.165, 1.54) is 12.1 Å². The molecule has 3 rings (SSSR count). The number of halogens is 4. The summed E-state index contributed by atoms with van der Waals surface area (Å²) in [5.74, 6) is -3.92. The summed E-state index contributed by atoms with van der Waals surface area (Å²) in [5.41, 5.74) is 6.65. The van der Waals surface area contributed by atoms with E-state index in [-0.39, 0.29) is 11.3 Å². The van der Waals surface area contributed by atoms with Gasteiger partial charge in [0.15, 0.2) is 23.3 Å². The van der Waals surface area contributed by atoms with Gasteiger partial charge in [-0.15, -0.1) is 5.54 Å². The number of carbonyl (C=O) groups is 1. The Kier molecular flexibility index (Phi) is 8.69. The molecule has 0 unspecified atom stereocenters. The number of nitrogens with two attached hydrogens (primary N) is 1. The number of nitrogens with zero attached hydrogens (tertiary/aromatic N) is 1. The number of carbonyl (C=O) groups excluding carboxylic acids is 1. The van der Waals surface area contributed by atoms with Crippen molar-refractivity contribution in [1.82, 2.24) is 9.71 Å². The van der Waals surface area contributed by atoms with Crippen molar-refractivity contribution in [2.75, 3.05) is 17.1 Å². The van der Waals surface area contributed by atoms with E-state index in [9.17, 15) is 22.0 Å². The maximum atomic E-state index is 15.2. The van der Waals surface area contributed by atoms with Crippen molar-refractivity contribution in [3.63, 3.8) is 0 Å². The highest BCUT2D eigenvalue weighted by Crippen LogP contribution is 2.31. The number of amides is 1. The fraction of sp³-hybridized carbons (Fsp3) is 0.200. The third-order valence-corrected chi connectivity index (χ3v) is 7.08. The number of aromatic nitrogens is 1. The molecule has 0 spiro atoms. The standard InChI is InChI=1S/C25H25F4N5O3SSi/c1-31-38(36,37)34-25-21(28)15(7-9-32-25)12-16-13-17(24(30)35)23(22(29)20(16)27)33-19-6-5-14(11-18(19)26)8-10-39(2,3)4/h5-7,9,11,13,31,33H,12H2,1-4H3,(H2,30,35)(H,32,34). The fourth-order valence-electron chi connectivity index (χ4n) is 3.29. The van der Waals surface area contributed by atoms with Gasteiger partial charge in [-0.05, 0) is 41.5 Å². The second-order valence-corrected chi connectivity index (χ2v) is 15.8. The highest BCUT2D eigenvalue weighted by Gasteiger charge is 2.24. The van der Waals surface area contributed by atoms with Gasteiger partial charge in [-0.1, -0.05) is 25.6 Å². The Labute approximate surface area is 224 Å². The minimum Gasteiger partial charge on any atom is -0.366 e. The number of nitrogens with one attached hydrogen (secondary N) is 3. The molecule has 3 aromatic rings. The van der Waals surface area contributed by atoms with E-state index in [2.05, 4.69) is 21.8 Å². The van der Waals surface area contributed by atoms with Gasteiger partial charge in [0.1, 0.15) is 13.9 Å². The first-order valence-electron chi connectivity index (χ1n) is 11.4. The van der Waals surface area contributed by atoms with Gasteiger partial charge in [0.2, 0.25) is 0 Å². The summed E-state index contributed by atoms with van der Waals surface area (Å²) in [6, 6.07) is 5.90. The van der Waals surface area contributed by atoms with E-state index in [0.717, 1.165) is 31.4 Å². The Morgan fingerprint density at radius 1 is 1.03 bits per heavy atom. The monoisotopic (exact) mass is 579 g/mol. The fourth-order valence-corrected chi connectivity index (χ4v) is 4.31. The maximum absolute atomic E-state index is 15.2. The van der Waals surface area contributed by atoms with Crippen molar-refractivity contribution in [3.8, 4) is 11.5 Å². The molecule has 0 aliphatic carbocycles. The molecule has 14 heteroatoms. The normalized spacial score (nSPS) is 11.5. The average Bonchev–Trinajstić information content (AvgIpc) is 2.85. The Hall–Kier alpha value is -3.93. The number of rotatable bonds is 8. The largest absolute Gasteiger partial charge is 0.366 e. The molecule has 0 radical (unpaired) electrons. The zero-order valence-corrected chi connectivity index (χ0v) is 23.2. The van der Waals surface area contributed by atoms with Crippen LogP contribution in [0.3, 0.4) is 0 Å². The van der Waals surface area contributed by atoms with Crippen LogP contribution in [0.4, 0.5) is 34.8 Å². The van der Waals surface area contributed by atoms with E-state index in [1.807, 2.05) is 29.1 Å². The molecule has 0 aliphatic rings. The molecule has 1 heterocycles. The number of hydrogen-bond acceptors (Lipinski definition) is 5. The number of pyridine rings is 1. The van der Waals surface area contributed by atoms with Crippen LogP contribution in [0.2, 0.25) is 19.6 Å². The minimum atomic E-state index is -4.11. The summed E-state index contributed by atoms with van der Waals surface area (Å²) in [6.07, 6.45) is 0.469. The van der Waals surface area contributed by atoms with Crippen molar-refractivity contribution in [2.24, 2.45) is 5.73 Å². The maximum Gasteiger partial charge on any atom is 0.300 e. The van der Waals surface area contributed by atoms with Crippen molar-refractivity contribution >= 4 is 41.4 Å². The summed E-state index contributed by atoms with van der Waals surface area (Å²) in [4.78, 5) is 15.7. The second-order valence-electron chi connectivity index (χ2n) is 9.39. The molecule has 2 aromatic carbocycles. The molecule has 0 atom stereocenters. The van der Waals surface area contributed by atoms with Crippen molar-refractivity contribution < 1.29 is 30.8 Å². The molecule has 39 heavy (non-hydrogen) atoms. The molecule has 1 aromatic heterocycles. The molecule has 206 valence electrons. The van der Waals surface area contributed by atoms with Crippen molar-refractivity contribution in [2.45, 2.75) is 26.1 Å². The highest BCUT2D eigenvalue weighted by atomic mass is 32.2. The molecule has 1 amide bonds. The van der Waals surface area contributed by atoms with E-state index in [1.54, 1.807) is 0 Å². The van der Waals surface area contributed by atoms with Gasteiger partial charge < -0.3 is 11.1 Å². The van der Waals surface area contributed by atoms with Gasteiger partial charge in [-0.2, -0.15) is 8.42 Å². The zero-order valence-electron chi connectivity index (χ0n) is 21.3. The Morgan fingerprint density at radius 2 is 1.72 bits per heavy atom. The SMILES string of the molecule is CNS(=O)(=O)Nc1nccc(Cc2cc(C(N)=O)c(Nc3ccc(C#C[Si](C)(C)C)cc3F)c(F)c2F)c1F. The van der Waals surface area contributed by atoms with Crippen LogP contribution in [-0.2, 0) is 16.6 Å². The molecular weight excluding hydrogens is 554 g/mol. The van der Waals surface area contributed by atoms with Crippen LogP contribution in [0.25, 0.3) is 0 Å². The molecule has 8 nitrogen and oxygen atoms in total. The summed E-state index contributed by atoms with van der Waals surface area (Å²) < 4.78 is 87.1. The topological polar surface area (TPSA) is 126 Å². The lowest BCUT2D eigenvalue weighted by molar-refractivity contribution is 0.100. The van der Waals surface area contributed by atoms with Gasteiger partial charge in [-0.25, -0.2) is 27.3 Å². The van der Waals surface area contributed by atoms with E-state index in [0.29, 0.717) is 5.56 Å². The summed E-state index contributed by atoms with van der Waals surface area (Å²) in [5, 5.41) is 2.38. The predicted octanol–water partition coefficient (Wildman–Crippen LogP) is 4.18. The quantitative estimate of drug-likeness (QED) is 0.181. The number of hydrogen-bond donors (Lipinski definition) is 4. The summed E-state index contributed by atoms with van der Waals surface area (Å²) >= 11 is 0. The lowest BCUT2D eigenvalue weighted by atomic mass is 10.00. The van der Waals surface area contributed by atoms with Gasteiger partial charge in [0.25, 0.3) is 16.1 Å². The van der Waals surface area contributed by atoms with Gasteiger partial charge in [0, 0.05) is 25.2 Å². The molecule has 0 fully saturated rings. The number of primary amides is 1. The van der Waals surface area contributed by atoms with Gasteiger partial charge >= 0.3 is 0 Å². The number of anilines is 3. The molecular formula is C25H25F4N5O3SSi. The third-order valence-electron chi connectivity index (χ3n) is 5.21. The molecule has 0 aliphatic heterocycles. The van der Waals surface area contributed by atoms with E-state index < -0.39 is 76.5 Å². The summed E-state index contributed by atoms with van der Waals surface area (Å²) in [6.45, 7) is 6.06. The highest BCUT2D eigenvalue weighted by molar-refractivity contribution is 7.90. The average molecular weight is 580 g/mol. The van der Waals surface area contributed by atoms with Crippen molar-refractivity contribution in [3.05, 3.63) is 82.1 Å². The smallest absolute Gasteiger partial charge is 0.300 e. The van der Waals surface area contributed by atoms with Gasteiger partial charge in [0.05, 0.1) is 16.9 Å². The molecule has 5 N–H and O–H groups in total. The van der Waals surface area contributed by atoms with Crippen LogP contribution in [0, 0.1) is 34.7 Å². The van der Waals surface area contributed by atoms with Crippen LogP contribution >= 0.6 is 0 Å². The zero-order chi connectivity index (χ0) is 29.1. The Balaban J connectivity index is 2.00. The minimum absolute atomic E-state index is 0.255. The first-order valence-corrected chi connectivity index (χ1v) is 16.3. The molecule has 0 saturated heterocycles. The predicted molar refractivity (Wildman–Crippen MR) is 143 cm³/mol. The molecule has 0 bridgehead atoms. The first kappa shape index (κ1) is 29.6. The third kappa shape index (κ3) is 7.34. The van der Waals surface area contributed by atoms with Crippen LogP contribution < -0.4 is 20.5 Å². The van der Waals surface area contributed by atoms with Crippen LogP contribution in [-0.4, -0.2) is 34.4 Å². The number of benzene rings is 2. The second kappa shape index (κ2) is 11.4. The Morgan fingerprint density at radius 3 is 2.31 bits per heavy atom. The van der Waals surface area contributed by atoms with E-state index in [4.69, 9.17) is 5.73 Å².